The fourth-order valence-electron chi connectivity index (χ4n) is 4.34. The van der Waals surface area contributed by atoms with Crippen LogP contribution in [0.25, 0.3) is 11.4 Å². The molecule has 1 unspecified atom stereocenters. The standard InChI is InChI=1S/C23H26F3N3O5/c1-4-17(32-15-9-10-16(18(11-15)31-3)20-28-22(30)34-29-20)19-12(2)27-21(33-19)13-5-7-14(8-6-13)23(24,25)26/h9-11,13-14,17H,4-8H2,1-3H3,(H,28,29,30). The second kappa shape index (κ2) is 9.55. The van der Waals surface area contributed by atoms with E-state index in [1.807, 2.05) is 6.92 Å². The van der Waals surface area contributed by atoms with Gasteiger partial charge in [0, 0.05) is 12.0 Å². The number of hydrogen-bond acceptors (Lipinski definition) is 7. The fraction of sp³-hybridized carbons (Fsp3) is 0.522. The summed E-state index contributed by atoms with van der Waals surface area (Å²) >= 11 is 0. The van der Waals surface area contributed by atoms with Crippen molar-refractivity contribution in [3.63, 3.8) is 0 Å². The Morgan fingerprint density at radius 1 is 1.24 bits per heavy atom. The first-order valence-corrected chi connectivity index (χ1v) is 11.1. The van der Waals surface area contributed by atoms with Gasteiger partial charge in [0.05, 0.1) is 24.3 Å². The van der Waals surface area contributed by atoms with Gasteiger partial charge in [-0.1, -0.05) is 12.1 Å². The third kappa shape index (κ3) is 4.97. The van der Waals surface area contributed by atoms with E-state index in [1.165, 1.54) is 7.11 Å². The van der Waals surface area contributed by atoms with Crippen molar-refractivity contribution < 1.29 is 31.6 Å². The summed E-state index contributed by atoms with van der Waals surface area (Å²) in [6, 6.07) is 5.06. The van der Waals surface area contributed by atoms with Crippen molar-refractivity contribution in [1.82, 2.24) is 15.1 Å². The number of nitrogens with one attached hydrogen (secondary N) is 1. The Morgan fingerprint density at radius 2 is 1.97 bits per heavy atom. The lowest BCUT2D eigenvalue weighted by atomic mass is 9.81. The zero-order valence-electron chi connectivity index (χ0n) is 19.1. The van der Waals surface area contributed by atoms with Crippen molar-refractivity contribution in [2.45, 2.75) is 64.1 Å². The zero-order valence-corrected chi connectivity index (χ0v) is 19.1. The summed E-state index contributed by atoms with van der Waals surface area (Å²) in [7, 11) is 1.48. The van der Waals surface area contributed by atoms with Crippen molar-refractivity contribution in [2.24, 2.45) is 5.92 Å². The molecule has 34 heavy (non-hydrogen) atoms. The van der Waals surface area contributed by atoms with Crippen molar-refractivity contribution >= 4 is 0 Å². The number of aromatic amines is 1. The van der Waals surface area contributed by atoms with Crippen LogP contribution in [0, 0.1) is 12.8 Å². The van der Waals surface area contributed by atoms with Crippen molar-refractivity contribution in [1.29, 1.82) is 0 Å². The first-order chi connectivity index (χ1) is 16.2. The molecule has 4 rings (SSSR count). The van der Waals surface area contributed by atoms with E-state index in [4.69, 9.17) is 13.9 Å². The van der Waals surface area contributed by atoms with Gasteiger partial charge in [0.15, 0.2) is 23.6 Å². The van der Waals surface area contributed by atoms with Crippen LogP contribution in [-0.4, -0.2) is 28.4 Å². The van der Waals surface area contributed by atoms with E-state index in [-0.39, 0.29) is 24.6 Å². The largest absolute Gasteiger partial charge is 0.496 e. The minimum Gasteiger partial charge on any atom is -0.496 e. The molecule has 0 bridgehead atoms. The van der Waals surface area contributed by atoms with Crippen molar-refractivity contribution in [3.05, 3.63) is 46.1 Å². The monoisotopic (exact) mass is 481 g/mol. The van der Waals surface area contributed by atoms with E-state index < -0.39 is 24.0 Å². The molecule has 3 aromatic rings. The normalized spacial score (nSPS) is 19.7. The molecule has 1 fully saturated rings. The van der Waals surface area contributed by atoms with Gasteiger partial charge in [-0.25, -0.2) is 9.78 Å². The Labute approximate surface area is 193 Å². The van der Waals surface area contributed by atoms with Gasteiger partial charge in [0.2, 0.25) is 0 Å². The number of ether oxygens (including phenoxy) is 2. The van der Waals surface area contributed by atoms with Crippen molar-refractivity contribution in [3.8, 4) is 22.9 Å². The van der Waals surface area contributed by atoms with Crippen LogP contribution in [-0.2, 0) is 0 Å². The van der Waals surface area contributed by atoms with Gasteiger partial charge >= 0.3 is 11.9 Å². The van der Waals surface area contributed by atoms with Crippen LogP contribution >= 0.6 is 0 Å². The zero-order chi connectivity index (χ0) is 24.5. The molecule has 1 saturated carbocycles. The highest BCUT2D eigenvalue weighted by atomic mass is 19.4. The molecule has 11 heteroatoms. The molecule has 184 valence electrons. The van der Waals surface area contributed by atoms with Crippen LogP contribution in [0.3, 0.4) is 0 Å². The number of rotatable bonds is 7. The molecule has 1 aliphatic rings. The number of alkyl halides is 3. The molecular formula is C23H26F3N3O5. The molecule has 0 aliphatic heterocycles. The van der Waals surface area contributed by atoms with Crippen molar-refractivity contribution in [2.75, 3.05) is 7.11 Å². The summed E-state index contributed by atoms with van der Waals surface area (Å²) in [6.45, 7) is 3.74. The summed E-state index contributed by atoms with van der Waals surface area (Å²) in [5, 5.41) is 3.68. The molecule has 2 heterocycles. The maximum Gasteiger partial charge on any atom is 0.439 e. The second-order valence-corrected chi connectivity index (χ2v) is 8.41. The molecule has 0 saturated heterocycles. The predicted molar refractivity (Wildman–Crippen MR) is 115 cm³/mol. The Balaban J connectivity index is 1.50. The molecule has 1 aromatic carbocycles. The number of benzene rings is 1. The molecule has 1 N–H and O–H groups in total. The first-order valence-electron chi connectivity index (χ1n) is 11.1. The average molecular weight is 481 g/mol. The van der Waals surface area contributed by atoms with Crippen LogP contribution in [0.4, 0.5) is 13.2 Å². The van der Waals surface area contributed by atoms with Crippen LogP contribution in [0.1, 0.15) is 68.4 Å². The third-order valence-corrected chi connectivity index (χ3v) is 6.20. The highest BCUT2D eigenvalue weighted by molar-refractivity contribution is 5.65. The van der Waals surface area contributed by atoms with E-state index in [2.05, 4.69) is 19.6 Å². The summed E-state index contributed by atoms with van der Waals surface area (Å²) < 4.78 is 61.1. The number of nitrogens with zero attached hydrogens (tertiary/aromatic N) is 2. The molecule has 0 amide bonds. The fourth-order valence-corrected chi connectivity index (χ4v) is 4.34. The number of aromatic nitrogens is 3. The molecule has 1 aliphatic carbocycles. The minimum absolute atomic E-state index is 0.0849. The average Bonchev–Trinajstić information content (AvgIpc) is 3.42. The van der Waals surface area contributed by atoms with Crippen LogP contribution < -0.4 is 15.2 Å². The molecule has 0 radical (unpaired) electrons. The smallest absolute Gasteiger partial charge is 0.439 e. The Hall–Kier alpha value is -3.24. The molecular weight excluding hydrogens is 455 g/mol. The third-order valence-electron chi connectivity index (χ3n) is 6.20. The lowest BCUT2D eigenvalue weighted by Crippen LogP contribution is -2.27. The maximum atomic E-state index is 13.0. The lowest BCUT2D eigenvalue weighted by molar-refractivity contribution is -0.182. The van der Waals surface area contributed by atoms with Gasteiger partial charge in [-0.3, -0.25) is 9.51 Å². The van der Waals surface area contributed by atoms with Crippen LogP contribution in [0.15, 0.2) is 31.9 Å². The second-order valence-electron chi connectivity index (χ2n) is 8.41. The number of H-pyrrole nitrogens is 1. The molecule has 0 spiro atoms. The topological polar surface area (TPSA) is 103 Å². The first kappa shape index (κ1) is 23.9. The number of hydrogen-bond donors (Lipinski definition) is 1. The van der Waals surface area contributed by atoms with Crippen LogP contribution in [0.2, 0.25) is 0 Å². The lowest BCUT2D eigenvalue weighted by Gasteiger charge is -2.28. The van der Waals surface area contributed by atoms with Crippen LogP contribution in [0.5, 0.6) is 11.5 Å². The molecule has 8 nitrogen and oxygen atoms in total. The minimum atomic E-state index is -4.15. The van der Waals surface area contributed by atoms with E-state index in [9.17, 15) is 18.0 Å². The Morgan fingerprint density at radius 3 is 2.56 bits per heavy atom. The highest BCUT2D eigenvalue weighted by Gasteiger charge is 2.42. The Kier molecular flexibility index (Phi) is 6.72. The van der Waals surface area contributed by atoms with E-state index in [0.29, 0.717) is 53.7 Å². The number of oxazole rings is 1. The summed E-state index contributed by atoms with van der Waals surface area (Å²) in [6.07, 6.45) is -3.06. The van der Waals surface area contributed by atoms with E-state index >= 15 is 0 Å². The van der Waals surface area contributed by atoms with Gasteiger partial charge in [-0.2, -0.15) is 13.2 Å². The Bertz CT molecular complexity index is 1180. The quantitative estimate of drug-likeness (QED) is 0.462. The number of aryl methyl sites for hydroxylation is 1. The SMILES string of the molecule is CCC(Oc1ccc(-c2noc(=O)[nH]2)c(OC)c1)c1oc(C2CCC(C(F)(F)F)CC2)nc1C. The van der Waals surface area contributed by atoms with Gasteiger partial charge in [-0.15, -0.1) is 0 Å². The van der Waals surface area contributed by atoms with E-state index in [1.54, 1.807) is 25.1 Å². The summed E-state index contributed by atoms with van der Waals surface area (Å²) in [4.78, 5) is 18.3. The summed E-state index contributed by atoms with van der Waals surface area (Å²) in [5.74, 6) is 0.127. The highest BCUT2D eigenvalue weighted by Crippen LogP contribution is 2.43. The van der Waals surface area contributed by atoms with Gasteiger partial charge < -0.3 is 13.9 Å². The van der Waals surface area contributed by atoms with Gasteiger partial charge in [0.25, 0.3) is 0 Å². The van der Waals surface area contributed by atoms with Gasteiger partial charge in [-0.05, 0) is 51.2 Å². The predicted octanol–water partition coefficient (Wildman–Crippen LogP) is 5.70. The number of halogens is 3. The van der Waals surface area contributed by atoms with Gasteiger partial charge in [0.1, 0.15) is 11.5 Å². The molecule has 1 atom stereocenters. The van der Waals surface area contributed by atoms with E-state index in [0.717, 1.165) is 0 Å². The maximum absolute atomic E-state index is 13.0. The summed E-state index contributed by atoms with van der Waals surface area (Å²) in [5.41, 5.74) is 1.19. The number of methoxy groups -OCH3 is 1. The molecule has 2 aromatic heterocycles.